The van der Waals surface area contributed by atoms with Gasteiger partial charge >= 0.3 is 18.1 Å². The third kappa shape index (κ3) is 14.2. The number of carbonyl (C=O) groups is 7. The summed E-state index contributed by atoms with van der Waals surface area (Å²) >= 11 is 0. The summed E-state index contributed by atoms with van der Waals surface area (Å²) in [4.78, 5) is 91.1. The highest BCUT2D eigenvalue weighted by Gasteiger charge is 2.38. The summed E-state index contributed by atoms with van der Waals surface area (Å²) < 4.78 is 36.6. The number of carbonyl (C=O) groups excluding carboxylic acids is 6. The first-order valence-corrected chi connectivity index (χ1v) is 14.1. The highest BCUT2D eigenvalue weighted by molar-refractivity contribution is 5.94. The number of rotatable bonds is 14. The fourth-order valence-corrected chi connectivity index (χ4v) is 4.08. The molecule has 4 atom stereocenters. The monoisotopic (exact) mass is 661 g/mol. The molecule has 0 unspecified atom stereocenters. The van der Waals surface area contributed by atoms with Crippen molar-refractivity contribution < 1.29 is 56.6 Å². The van der Waals surface area contributed by atoms with Crippen LogP contribution in [0.1, 0.15) is 52.3 Å². The standard InChI is InChI=1S/C25H37N7O7.C2HF3O2/c1-4-39-22(35)10-8-17(7-9-20(26)34)30-24(37)18(14-21-27-11-12-28-21)31-23(36)15(2)29-25(38)19-6-5-13-32(19)16(3)33;3-2(4,5)1(6)7/h8,10-12,15,17-19H,4-7,9,13-14H2,1-3H3,(H2,26,34)(H,27,28)(H,29,38)(H,30,37)(H,31,36);(H,6,7)/b10-8+;/t15-,17-,18-,19-;/m0./s1. The number of carboxylic acids is 1. The van der Waals surface area contributed by atoms with Gasteiger partial charge in [-0.2, -0.15) is 13.2 Å². The van der Waals surface area contributed by atoms with Gasteiger partial charge in [0, 0.05) is 50.8 Å². The Bertz CT molecular complexity index is 1260. The Balaban J connectivity index is 0.00000135. The summed E-state index contributed by atoms with van der Waals surface area (Å²) in [6.07, 6.45) is 1.73. The predicted octanol–water partition coefficient (Wildman–Crippen LogP) is -0.544. The molecule has 5 amide bonds. The first kappa shape index (κ1) is 39.1. The van der Waals surface area contributed by atoms with Crippen LogP contribution in [0.25, 0.3) is 0 Å². The number of H-pyrrole nitrogens is 1. The fraction of sp³-hybridized carbons (Fsp3) is 0.556. The van der Waals surface area contributed by atoms with Gasteiger partial charge in [-0.05, 0) is 33.1 Å². The number of imidazole rings is 1. The number of aromatic nitrogens is 2. The summed E-state index contributed by atoms with van der Waals surface area (Å²) in [6.45, 7) is 5.15. The first-order chi connectivity index (χ1) is 21.5. The van der Waals surface area contributed by atoms with E-state index in [0.29, 0.717) is 25.2 Å². The van der Waals surface area contributed by atoms with Crippen molar-refractivity contribution in [2.75, 3.05) is 13.2 Å². The van der Waals surface area contributed by atoms with E-state index >= 15 is 0 Å². The minimum Gasteiger partial charge on any atom is -0.475 e. The Morgan fingerprint density at radius 3 is 2.35 bits per heavy atom. The number of nitrogens with zero attached hydrogens (tertiary/aromatic N) is 2. The highest BCUT2D eigenvalue weighted by atomic mass is 19.4. The molecule has 1 aromatic heterocycles. The number of carboxylic acid groups (broad SMARTS) is 1. The number of halogens is 3. The lowest BCUT2D eigenvalue weighted by Gasteiger charge is -2.25. The minimum atomic E-state index is -5.08. The number of ether oxygens (including phenoxy) is 1. The molecule has 0 radical (unpaired) electrons. The van der Waals surface area contributed by atoms with Gasteiger partial charge in [-0.3, -0.25) is 24.0 Å². The second-order valence-corrected chi connectivity index (χ2v) is 9.94. The van der Waals surface area contributed by atoms with E-state index in [1.54, 1.807) is 13.1 Å². The van der Waals surface area contributed by atoms with Crippen molar-refractivity contribution in [2.24, 2.45) is 5.73 Å². The molecule has 256 valence electrons. The van der Waals surface area contributed by atoms with Crippen molar-refractivity contribution in [3.63, 3.8) is 0 Å². The van der Waals surface area contributed by atoms with Crippen LogP contribution in [-0.4, -0.2) is 105 Å². The van der Waals surface area contributed by atoms with Crippen LogP contribution in [0.4, 0.5) is 13.2 Å². The molecule has 2 rings (SSSR count). The Morgan fingerprint density at radius 1 is 1.17 bits per heavy atom. The van der Waals surface area contributed by atoms with E-state index in [0.717, 1.165) is 6.08 Å². The summed E-state index contributed by atoms with van der Waals surface area (Å²) in [5.41, 5.74) is 5.24. The maximum atomic E-state index is 13.2. The second-order valence-electron chi connectivity index (χ2n) is 9.94. The van der Waals surface area contributed by atoms with Crippen LogP contribution >= 0.6 is 0 Å². The van der Waals surface area contributed by atoms with E-state index < -0.39 is 65.9 Å². The molecule has 46 heavy (non-hydrogen) atoms. The number of nitrogens with two attached hydrogens (primary N) is 1. The molecule has 1 fully saturated rings. The Morgan fingerprint density at radius 2 is 1.83 bits per heavy atom. The molecule has 0 aliphatic carbocycles. The average molecular weight is 662 g/mol. The molecule has 1 saturated heterocycles. The van der Waals surface area contributed by atoms with Crippen molar-refractivity contribution in [3.8, 4) is 0 Å². The zero-order chi connectivity index (χ0) is 35.0. The van der Waals surface area contributed by atoms with Crippen molar-refractivity contribution in [1.29, 1.82) is 0 Å². The summed E-state index contributed by atoms with van der Waals surface area (Å²) in [6, 6.07) is -3.54. The summed E-state index contributed by atoms with van der Waals surface area (Å²) in [5, 5.41) is 15.1. The number of aromatic amines is 1. The quantitative estimate of drug-likeness (QED) is 0.110. The Labute approximate surface area is 261 Å². The molecule has 0 bridgehead atoms. The van der Waals surface area contributed by atoms with E-state index in [4.69, 9.17) is 20.4 Å². The van der Waals surface area contributed by atoms with Gasteiger partial charge in [0.25, 0.3) is 0 Å². The van der Waals surface area contributed by atoms with Gasteiger partial charge in [0.05, 0.1) is 6.61 Å². The number of esters is 1. The largest absolute Gasteiger partial charge is 0.490 e. The lowest BCUT2D eigenvalue weighted by Crippen LogP contribution is -2.56. The van der Waals surface area contributed by atoms with Crippen molar-refractivity contribution in [1.82, 2.24) is 30.8 Å². The molecule has 7 N–H and O–H groups in total. The highest BCUT2D eigenvalue weighted by Crippen LogP contribution is 2.17. The van der Waals surface area contributed by atoms with Crippen LogP contribution in [0, 0.1) is 0 Å². The van der Waals surface area contributed by atoms with Gasteiger partial charge in [0.15, 0.2) is 0 Å². The number of nitrogens with one attached hydrogen (secondary N) is 4. The zero-order valence-electron chi connectivity index (χ0n) is 25.4. The van der Waals surface area contributed by atoms with Gasteiger partial charge in [-0.25, -0.2) is 14.6 Å². The summed E-state index contributed by atoms with van der Waals surface area (Å²) in [7, 11) is 0. The molecule has 16 nitrogen and oxygen atoms in total. The van der Waals surface area contributed by atoms with Crippen molar-refractivity contribution in [2.45, 2.75) is 83.2 Å². The van der Waals surface area contributed by atoms with Gasteiger partial charge in [0.2, 0.25) is 29.5 Å². The normalized spacial score (nSPS) is 16.3. The van der Waals surface area contributed by atoms with Gasteiger partial charge in [-0.1, -0.05) is 6.08 Å². The molecular weight excluding hydrogens is 623 g/mol. The number of likely N-dealkylation sites (tertiary alicyclic amines) is 1. The van der Waals surface area contributed by atoms with Crippen LogP contribution in [0.15, 0.2) is 24.5 Å². The topological polar surface area (TPSA) is 243 Å². The third-order valence-electron chi connectivity index (χ3n) is 6.32. The SMILES string of the molecule is CCOC(=O)/C=C/[C@H](CCC(N)=O)NC(=O)[C@H](Cc1ncc[nH]1)NC(=O)[C@H](C)NC(=O)[C@@H]1CCCN1C(C)=O.O=C(O)C(F)(F)F. The van der Waals surface area contributed by atoms with Crippen molar-refractivity contribution in [3.05, 3.63) is 30.4 Å². The number of hydrogen-bond acceptors (Lipinski definition) is 9. The first-order valence-electron chi connectivity index (χ1n) is 14.1. The molecule has 2 heterocycles. The van der Waals surface area contributed by atoms with Crippen LogP contribution in [-0.2, 0) is 44.7 Å². The molecule has 1 aliphatic rings. The van der Waals surface area contributed by atoms with E-state index in [1.165, 1.54) is 31.0 Å². The molecule has 1 aromatic rings. The third-order valence-corrected chi connectivity index (χ3v) is 6.32. The van der Waals surface area contributed by atoms with Crippen LogP contribution < -0.4 is 21.7 Å². The molecule has 0 spiro atoms. The lowest BCUT2D eigenvalue weighted by molar-refractivity contribution is -0.192. The van der Waals surface area contributed by atoms with Gasteiger partial charge < -0.3 is 41.4 Å². The van der Waals surface area contributed by atoms with E-state index in [-0.39, 0.29) is 31.8 Å². The second kappa shape index (κ2) is 18.7. The van der Waals surface area contributed by atoms with E-state index in [2.05, 4.69) is 25.9 Å². The Hall–Kier alpha value is -4.97. The van der Waals surface area contributed by atoms with Gasteiger partial charge in [0.1, 0.15) is 23.9 Å². The zero-order valence-corrected chi connectivity index (χ0v) is 25.4. The smallest absolute Gasteiger partial charge is 0.475 e. The summed E-state index contributed by atoms with van der Waals surface area (Å²) in [5.74, 6) is -5.45. The predicted molar refractivity (Wildman–Crippen MR) is 152 cm³/mol. The molecule has 19 heteroatoms. The van der Waals surface area contributed by atoms with Crippen LogP contribution in [0.3, 0.4) is 0 Å². The van der Waals surface area contributed by atoms with Crippen LogP contribution in [0.2, 0.25) is 0 Å². The maximum absolute atomic E-state index is 13.2. The molecule has 1 aliphatic heterocycles. The molecule has 0 saturated carbocycles. The number of amides is 5. The number of alkyl halides is 3. The molecular formula is C27H38F3N7O9. The van der Waals surface area contributed by atoms with E-state index in [1.807, 2.05) is 0 Å². The lowest BCUT2D eigenvalue weighted by atomic mass is 10.1. The fourth-order valence-electron chi connectivity index (χ4n) is 4.08. The number of primary amides is 1. The Kier molecular flexibility index (Phi) is 15.9. The van der Waals surface area contributed by atoms with E-state index in [9.17, 15) is 41.9 Å². The minimum absolute atomic E-state index is 0.00386. The average Bonchev–Trinajstić information content (AvgIpc) is 3.66. The number of hydrogen-bond donors (Lipinski definition) is 6. The number of aliphatic carboxylic acids is 1. The van der Waals surface area contributed by atoms with Crippen LogP contribution in [0.5, 0.6) is 0 Å². The van der Waals surface area contributed by atoms with Gasteiger partial charge in [-0.15, -0.1) is 0 Å². The van der Waals surface area contributed by atoms with Crippen molar-refractivity contribution >= 4 is 41.5 Å². The maximum Gasteiger partial charge on any atom is 0.490 e. The molecule has 0 aromatic carbocycles.